The van der Waals surface area contributed by atoms with Crippen LogP contribution in [0.25, 0.3) is 0 Å². The van der Waals surface area contributed by atoms with Gasteiger partial charge in [0.1, 0.15) is 12.7 Å². The number of hydrogen-bond acceptors (Lipinski definition) is 21. The molecule has 0 aromatic rings. The summed E-state index contributed by atoms with van der Waals surface area (Å²) in [6, 6.07) is 0. The molecule has 2 fully saturated rings. The molecule has 0 bridgehead atoms. The van der Waals surface area contributed by atoms with Crippen LogP contribution in [0.5, 0.6) is 0 Å². The molecule has 0 aromatic heterocycles. The molecular formula is C86H161IN6O15S4. The number of carbonyl (C=O) groups is 6. The number of ether oxygens (including phenoxy) is 9. The molecule has 0 aromatic carbocycles. The minimum absolute atomic E-state index is 0.00637. The van der Waals surface area contributed by atoms with Gasteiger partial charge in [0, 0.05) is 69.7 Å². The van der Waals surface area contributed by atoms with Crippen LogP contribution < -0.4 is 21.3 Å². The predicted octanol–water partition coefficient (Wildman–Crippen LogP) is 19.8. The van der Waals surface area contributed by atoms with Crippen molar-refractivity contribution in [2.75, 3.05) is 90.7 Å². The first-order valence-electron chi connectivity index (χ1n) is 44.5. The van der Waals surface area contributed by atoms with E-state index in [2.05, 4.69) is 67.7 Å². The first-order chi connectivity index (χ1) is 54.1. The molecule has 2 rings (SSSR count). The molecule has 0 saturated carbocycles. The Morgan fingerprint density at radius 3 is 1.09 bits per heavy atom. The van der Waals surface area contributed by atoms with Crippen molar-refractivity contribution in [1.29, 1.82) is 3.56 Å². The molecule has 112 heavy (non-hydrogen) atoms. The minimum Gasteiger partial charge on any atom is -0.455 e. The molecular weight excluding hydrogens is 1610 g/mol. The van der Waals surface area contributed by atoms with Gasteiger partial charge in [0.2, 0.25) is 5.79 Å². The Morgan fingerprint density at radius 2 is 0.714 bits per heavy atom. The van der Waals surface area contributed by atoms with Crippen LogP contribution in [0.15, 0.2) is 0 Å². The zero-order chi connectivity index (χ0) is 82.1. The average Bonchev–Trinajstić information content (AvgIpc) is 1.54. The van der Waals surface area contributed by atoms with Crippen LogP contribution in [-0.2, 0) is 71.4 Å². The summed E-state index contributed by atoms with van der Waals surface area (Å²) >= 11 is 11.8. The number of carbonyl (C=O) groups excluding carboxylic acids is 6. The van der Waals surface area contributed by atoms with Crippen LogP contribution in [0.1, 0.15) is 350 Å². The number of nitrogens with one attached hydrogen (secondary N) is 5. The Kier molecular flexibility index (Phi) is 65.0. The van der Waals surface area contributed by atoms with Crippen molar-refractivity contribution in [3.05, 3.63) is 0 Å². The molecule has 0 spiro atoms. The third kappa shape index (κ3) is 53.6. The van der Waals surface area contributed by atoms with Gasteiger partial charge in [-0.2, -0.15) is 11.8 Å². The van der Waals surface area contributed by atoms with E-state index in [1.54, 1.807) is 0 Å². The fourth-order valence-electron chi connectivity index (χ4n) is 13.7. The summed E-state index contributed by atoms with van der Waals surface area (Å²) in [5.41, 5.74) is 0. The molecule has 0 aliphatic carbocycles. The third-order valence-electron chi connectivity index (χ3n) is 20.4. The van der Waals surface area contributed by atoms with Crippen molar-refractivity contribution in [1.82, 2.24) is 26.2 Å². The number of thioether (sulfide) groups is 2. The number of halogens is 1. The average molecular weight is 1770 g/mol. The summed E-state index contributed by atoms with van der Waals surface area (Å²) in [6.45, 7) is 15.3. The van der Waals surface area contributed by atoms with Gasteiger partial charge in [-0.05, 0) is 64.8 Å². The van der Waals surface area contributed by atoms with Gasteiger partial charge < -0.3 is 48.7 Å². The van der Waals surface area contributed by atoms with E-state index in [-0.39, 0.29) is 50.0 Å². The Balaban J connectivity index is 3.19. The van der Waals surface area contributed by atoms with Crippen LogP contribution in [0.2, 0.25) is 0 Å². The summed E-state index contributed by atoms with van der Waals surface area (Å²) in [5.74, 6) is -4.56. The van der Waals surface area contributed by atoms with E-state index >= 15 is 9.59 Å². The summed E-state index contributed by atoms with van der Waals surface area (Å²) in [5, 5.41) is 14.1. The second kappa shape index (κ2) is 69.1. The Hall–Kier alpha value is -2.73. The summed E-state index contributed by atoms with van der Waals surface area (Å²) in [4.78, 5) is 95.1. The molecule has 2 heterocycles. The maximum absolute atomic E-state index is 15.0. The van der Waals surface area contributed by atoms with Gasteiger partial charge in [-0.3, -0.25) is 28.8 Å². The quantitative estimate of drug-likeness (QED) is 0.00946. The molecule has 0 amide bonds. The van der Waals surface area contributed by atoms with Crippen molar-refractivity contribution >= 4 is 112 Å². The molecule has 2 aliphatic rings. The van der Waals surface area contributed by atoms with E-state index in [4.69, 9.17) is 70.6 Å². The molecule has 26 heteroatoms. The number of rotatable bonds is 73. The SMILES string of the molecule is CCCCCCCCCC(=O)OC[C@@]1(O[C@H]2OC(CSCCNC(=S)NCCI(C)(C)=N)[C@@H](OC(=O)CCCCCCCCC)[C@H](OC(=O)CCCCCCCCC)C2OC(=O)CCCCCCCCC)O[C@H](CSCCNC(=S)NCCN(C)C)[C@@H](OC(=O)CCCCCCCCC)[C@@H]1OC(=O)CCCCCCCCC. The predicted molar refractivity (Wildman–Crippen MR) is 477 cm³/mol. The second-order valence-electron chi connectivity index (χ2n) is 31.7. The molecule has 2 saturated heterocycles. The number of alkyl halides is 3. The van der Waals surface area contributed by atoms with Crippen molar-refractivity contribution in [3.63, 3.8) is 0 Å². The zero-order valence-electron chi connectivity index (χ0n) is 71.9. The first-order valence-corrected chi connectivity index (χ1v) is 54.5. The molecule has 5 N–H and O–H groups in total. The van der Waals surface area contributed by atoms with E-state index in [0.29, 0.717) is 86.4 Å². The molecule has 9 atom stereocenters. The van der Waals surface area contributed by atoms with Crippen molar-refractivity contribution in [2.24, 2.45) is 0 Å². The van der Waals surface area contributed by atoms with Gasteiger partial charge in [-0.1, -0.05) is 273 Å². The van der Waals surface area contributed by atoms with Crippen LogP contribution in [0.3, 0.4) is 0 Å². The van der Waals surface area contributed by atoms with Gasteiger partial charge >= 0.3 is 170 Å². The smallest absolute Gasteiger partial charge is 0.455 e. The standard InChI is InChI=1S/C86H161IN6O15S4/c1-11-17-23-29-35-41-47-53-72(94)100-69-86(82(106-77(99)58-52-46-40-34-28-22-16-6)79(103-74(96)55-49-43-37-31-25-19-13-3)71(107-86)68-112-66-63-92-85(110)90-61-64-93(9)10)108-83-81(105-76(98)57-51-45-39-33-27-21-15-5)80(104-75(97)56-50-44-38-32-26-20-14-4)78(102-73(95)54-48-42-36-30-24-18-12-2)70(101-83)67-111-65-62-91-84(109)89-60-59-87(7,8)88/h70-71,78-83,88H,11-69H2,1-10H3,(H2,89,91,109)(H2,90,92,110)/t70?,71-,78-,79-,80+,81?,82+,83-,86+/m1/s1. The molecule has 2 aliphatic heterocycles. The van der Waals surface area contributed by atoms with Gasteiger partial charge in [0.25, 0.3) is 0 Å². The first kappa shape index (κ1) is 105. The molecule has 2 unspecified atom stereocenters. The van der Waals surface area contributed by atoms with E-state index in [1.165, 1.54) is 23.5 Å². The van der Waals surface area contributed by atoms with E-state index in [0.717, 1.165) is 242 Å². The monoisotopic (exact) mass is 1770 g/mol. The van der Waals surface area contributed by atoms with Gasteiger partial charge in [0.05, 0.1) is 0 Å². The van der Waals surface area contributed by atoms with Crippen LogP contribution in [0.4, 0.5) is 0 Å². The minimum atomic E-state index is -2.52. The second-order valence-corrected chi connectivity index (χ2v) is 44.0. The Bertz CT molecular complexity index is 2510. The van der Waals surface area contributed by atoms with E-state index in [1.807, 2.05) is 24.0 Å². The molecule has 21 nitrogen and oxygen atoms in total. The van der Waals surface area contributed by atoms with Gasteiger partial charge in [-0.15, -0.1) is 0 Å². The molecule has 0 radical (unpaired) electrons. The number of nitrogens with zero attached hydrogens (tertiary/aromatic N) is 1. The normalized spacial score (nSPS) is 19.7. The van der Waals surface area contributed by atoms with Gasteiger partial charge in [-0.25, -0.2) is 0 Å². The fourth-order valence-corrected chi connectivity index (χ4v) is 17.5. The van der Waals surface area contributed by atoms with E-state index < -0.39 is 115 Å². The van der Waals surface area contributed by atoms with Crippen molar-refractivity contribution < 1.29 is 71.4 Å². The Morgan fingerprint density at radius 1 is 0.402 bits per heavy atom. The summed E-state index contributed by atoms with van der Waals surface area (Å²) in [6.07, 6.45) is 28.6. The van der Waals surface area contributed by atoms with Crippen LogP contribution in [0, 0.1) is 3.56 Å². The number of esters is 6. The van der Waals surface area contributed by atoms with Crippen LogP contribution >= 0.6 is 66.2 Å². The number of unbranched alkanes of at least 4 members (excludes halogenated alkanes) is 36. The van der Waals surface area contributed by atoms with E-state index in [9.17, 15) is 19.2 Å². The Labute approximate surface area is 703 Å². The van der Waals surface area contributed by atoms with Crippen molar-refractivity contribution in [2.45, 2.75) is 405 Å². The fraction of sp³-hybridized carbons (Fsp3) is 0.907. The summed E-state index contributed by atoms with van der Waals surface area (Å²) < 4.78 is 71.5. The van der Waals surface area contributed by atoms with Gasteiger partial charge in [0.15, 0.2) is 23.4 Å². The maximum atomic E-state index is 15.0. The summed E-state index contributed by atoms with van der Waals surface area (Å²) in [7, 11) is 3.99. The van der Waals surface area contributed by atoms with Crippen molar-refractivity contribution in [3.8, 4) is 0 Å². The molecule has 656 valence electrons. The third-order valence-corrected chi connectivity index (χ3v) is 26.3. The number of likely N-dealkylation sites (N-methyl/N-ethyl adjacent to an activating group) is 1. The number of hydrogen-bond donors (Lipinski definition) is 5. The number of thiocarbonyl (C=S) groups is 2. The topological polar surface area (TPSA) is 261 Å². The zero-order valence-corrected chi connectivity index (χ0v) is 77.3. The van der Waals surface area contributed by atoms with Crippen LogP contribution in [-0.4, -0.2) is 196 Å².